The lowest BCUT2D eigenvalue weighted by molar-refractivity contribution is -2.00. The predicted octanol–water partition coefficient (Wildman–Crippen LogP) is 9.45. The monoisotopic (exact) mass is 776 g/mol. The Morgan fingerprint density at radius 3 is 1.55 bits per heavy atom. The Morgan fingerprint density at radius 1 is 0.466 bits per heavy atom. The fraction of sp³-hybridized carbons (Fsp3) is 0. The van der Waals surface area contributed by atoms with Crippen molar-refractivity contribution in [2.45, 2.75) is 0 Å². The van der Waals surface area contributed by atoms with Gasteiger partial charge in [0.25, 0.3) is 0 Å². The quantitative estimate of drug-likeness (QED) is 0.155. The number of hydrogen-bond acceptors (Lipinski definition) is 5. The van der Waals surface area contributed by atoms with Gasteiger partial charge in [0.2, 0.25) is 0 Å². The van der Waals surface area contributed by atoms with Gasteiger partial charge in [0.1, 0.15) is 11.5 Å². The number of hydrogen-bond donors (Lipinski definition) is 0. The molecule has 7 aromatic rings. The van der Waals surface area contributed by atoms with E-state index < -0.39 is 10.2 Å². The zero-order chi connectivity index (χ0) is 39.6. The van der Waals surface area contributed by atoms with E-state index in [-0.39, 0.29) is 0 Å². The molecule has 58 heavy (non-hydrogen) atoms. The molecule has 2 aliphatic carbocycles. The molecule has 0 spiro atoms. The molecule has 1 aliphatic heterocycles. The van der Waals surface area contributed by atoms with Gasteiger partial charge in [-0.3, -0.25) is 0 Å². The van der Waals surface area contributed by atoms with Crippen LogP contribution in [0, 0.1) is 10.2 Å². The number of allylic oxidation sites excluding steroid dienone is 2. The molecule has 0 unspecified atom stereocenters. The van der Waals surface area contributed by atoms with Crippen LogP contribution in [0.2, 0.25) is 0 Å². The van der Waals surface area contributed by atoms with Crippen LogP contribution in [0.15, 0.2) is 203 Å². The molecule has 0 bridgehead atoms. The van der Waals surface area contributed by atoms with Crippen molar-refractivity contribution in [3.63, 3.8) is 0 Å². The van der Waals surface area contributed by atoms with Gasteiger partial charge in [0.15, 0.2) is 0 Å². The van der Waals surface area contributed by atoms with Gasteiger partial charge >= 0.3 is 11.5 Å². The number of rotatable bonds is 6. The molecule has 0 atom stereocenters. The fourth-order valence-electron chi connectivity index (χ4n) is 7.81. The van der Waals surface area contributed by atoms with Crippen LogP contribution in [0.4, 0.5) is 0 Å². The van der Waals surface area contributed by atoms with Crippen molar-refractivity contribution in [3.05, 3.63) is 211 Å². The summed E-state index contributed by atoms with van der Waals surface area (Å²) in [4.78, 5) is 0. The molecule has 10 rings (SSSR count). The number of fused-ring (bicyclic) bond motifs is 6. The molecule has 280 valence electrons. The van der Waals surface area contributed by atoms with Gasteiger partial charge in [-0.25, -0.2) is 23.1 Å². The summed E-state index contributed by atoms with van der Waals surface area (Å²) in [6.07, 6.45) is 6.55. The summed E-state index contributed by atoms with van der Waals surface area (Å²) in [5.41, 5.74) is 13.3. The zero-order valence-corrected chi connectivity index (χ0v) is 31.6. The molecule has 6 nitrogen and oxygen atoms in total. The Bertz CT molecular complexity index is 2910. The Labute approximate surface area is 337 Å². The van der Waals surface area contributed by atoms with Gasteiger partial charge in [-0.2, -0.15) is 0 Å². The van der Waals surface area contributed by atoms with E-state index in [0.717, 1.165) is 89.6 Å². The summed E-state index contributed by atoms with van der Waals surface area (Å²) in [7, 11) is -4.94. The lowest BCUT2D eigenvalue weighted by Gasteiger charge is -2.17. The van der Waals surface area contributed by atoms with E-state index >= 15 is 0 Å². The van der Waals surface area contributed by atoms with Crippen LogP contribution in [0.1, 0.15) is 16.9 Å². The van der Waals surface area contributed by atoms with E-state index in [0.29, 0.717) is 0 Å². The topological polar surface area (TPSA) is 117 Å². The van der Waals surface area contributed by atoms with Crippen molar-refractivity contribution in [2.75, 3.05) is 0 Å². The first-order chi connectivity index (χ1) is 28.3. The maximum absolute atomic E-state index is 8.49. The first-order valence-electron chi connectivity index (χ1n) is 18.6. The van der Waals surface area contributed by atoms with E-state index in [1.54, 1.807) is 0 Å². The Morgan fingerprint density at radius 2 is 0.948 bits per heavy atom. The van der Waals surface area contributed by atoms with E-state index in [1.165, 1.54) is 10.9 Å². The highest BCUT2D eigenvalue weighted by Gasteiger charge is 2.37. The van der Waals surface area contributed by atoms with Crippen molar-refractivity contribution < 1.29 is 37.7 Å². The number of halogens is 1. The molecule has 0 fully saturated rings. The average molecular weight is 777 g/mol. The Hall–Kier alpha value is -6.90. The van der Waals surface area contributed by atoms with Crippen molar-refractivity contribution in [3.8, 4) is 67.4 Å². The maximum atomic E-state index is 8.49. The lowest BCUT2D eigenvalue weighted by atomic mass is 9.95. The third kappa shape index (κ3) is 7.26. The molecule has 0 saturated carbocycles. The van der Waals surface area contributed by atoms with E-state index in [9.17, 15) is 0 Å². The molecule has 6 aromatic carbocycles. The van der Waals surface area contributed by atoms with Crippen molar-refractivity contribution in [2.24, 2.45) is 0 Å². The minimum absolute atomic E-state index is 0.833. The summed E-state index contributed by atoms with van der Waals surface area (Å²) in [5, 5.41) is 2.32. The van der Waals surface area contributed by atoms with Crippen molar-refractivity contribution >= 4 is 22.4 Å². The summed E-state index contributed by atoms with van der Waals surface area (Å²) in [6, 6.07) is 63.6. The second kappa shape index (κ2) is 15.6. The third-order valence-corrected chi connectivity index (χ3v) is 10.2. The Kier molecular flexibility index (Phi) is 9.85. The van der Waals surface area contributed by atoms with Gasteiger partial charge < -0.3 is 4.42 Å². The summed E-state index contributed by atoms with van der Waals surface area (Å²) in [5.74, 6) is 3.41. The highest BCUT2D eigenvalue weighted by Crippen LogP contribution is 2.51. The molecule has 0 radical (unpaired) electrons. The fourth-order valence-corrected chi connectivity index (χ4v) is 7.81. The van der Waals surface area contributed by atoms with Crippen LogP contribution in [-0.2, 0) is 0 Å². The standard InChI is InChI=1S/C51H33O2.ClHO4/c1-5-18-34(19-6-1)44-32-46(36-22-9-3-10-23-36)52-50-42(38-26-13-15-28-40(38)48(44)50)30-17-31-43-39-27-14-16-29-41(39)49-45(35-20-7-2-8-21-35)33-47(53-51(43)49)37-24-11-4-12-25-37;2-1(3,4)5/h1-33H;(H,2,3,4,5)/q+1;/p-1. The molecule has 0 amide bonds. The smallest absolute Gasteiger partial charge is 0.369 e. The Balaban J connectivity index is 0.000000823. The highest BCUT2D eigenvalue weighted by atomic mass is 35.7. The van der Waals surface area contributed by atoms with Gasteiger partial charge in [0.05, 0.1) is 22.8 Å². The van der Waals surface area contributed by atoms with Crippen LogP contribution in [-0.4, -0.2) is 0 Å². The second-order valence-electron chi connectivity index (χ2n) is 13.7. The van der Waals surface area contributed by atoms with Gasteiger partial charge in [-0.15, -0.1) is 10.2 Å². The van der Waals surface area contributed by atoms with Crippen LogP contribution in [0.25, 0.3) is 89.8 Å². The maximum Gasteiger partial charge on any atom is 0.369 e. The number of benzene rings is 6. The highest BCUT2D eigenvalue weighted by molar-refractivity contribution is 6.13. The van der Waals surface area contributed by atoms with Gasteiger partial charge in [0, 0.05) is 27.8 Å². The van der Waals surface area contributed by atoms with Gasteiger partial charge in [-0.05, 0) is 57.3 Å². The summed E-state index contributed by atoms with van der Waals surface area (Å²) < 4.78 is 47.8. The third-order valence-electron chi connectivity index (χ3n) is 10.2. The normalized spacial score (nSPS) is 12.8. The second-order valence-corrected chi connectivity index (χ2v) is 14.5. The van der Waals surface area contributed by atoms with Crippen molar-refractivity contribution in [1.29, 1.82) is 0 Å². The first-order valence-corrected chi connectivity index (χ1v) is 19.9. The minimum atomic E-state index is -4.94. The van der Waals surface area contributed by atoms with E-state index in [2.05, 4.69) is 188 Å². The average Bonchev–Trinajstić information content (AvgIpc) is 3.76. The molecular formula is C51H33ClO6. The van der Waals surface area contributed by atoms with Crippen LogP contribution in [0.3, 0.4) is 0 Å². The SMILES string of the molecule is C(=C\c1c2oc(-c3ccccc3)cc(-c3ccccc3)c-2c2ccccc12)/C=C1\c2ccccc2-c2c(-c3ccccc3)cc(-c3ccccc3)[o+]c21.[O-][Cl+3]([O-])([O-])[O-]. The van der Waals surface area contributed by atoms with Crippen LogP contribution >= 0.6 is 0 Å². The van der Waals surface area contributed by atoms with Crippen molar-refractivity contribution in [1.82, 2.24) is 0 Å². The zero-order valence-electron chi connectivity index (χ0n) is 30.9. The summed E-state index contributed by atoms with van der Waals surface area (Å²) in [6.45, 7) is 0. The minimum Gasteiger partial charge on any atom is -0.455 e. The molecule has 3 aliphatic rings. The first kappa shape index (κ1) is 36.7. The van der Waals surface area contributed by atoms with Gasteiger partial charge in [-0.1, -0.05) is 170 Å². The lowest BCUT2D eigenvalue weighted by Crippen LogP contribution is -2.68. The largest absolute Gasteiger partial charge is 0.455 e. The molecular weight excluding hydrogens is 744 g/mol. The molecule has 7 heteroatoms. The molecule has 2 heterocycles. The predicted molar refractivity (Wildman–Crippen MR) is 219 cm³/mol. The van der Waals surface area contributed by atoms with E-state index in [4.69, 9.17) is 27.5 Å². The molecule has 0 saturated heterocycles. The summed E-state index contributed by atoms with van der Waals surface area (Å²) >= 11 is 0. The van der Waals surface area contributed by atoms with E-state index in [1.807, 2.05) is 12.1 Å². The van der Waals surface area contributed by atoms with Crippen LogP contribution < -0.4 is 18.6 Å². The molecule has 1 aromatic heterocycles. The molecule has 0 N–H and O–H groups in total. The van der Waals surface area contributed by atoms with Crippen LogP contribution in [0.5, 0.6) is 0 Å².